The Kier molecular flexibility index (Phi) is 6.04. The number of nitrogens with zero attached hydrogens (tertiary/aromatic N) is 2. The first-order chi connectivity index (χ1) is 15.5. The van der Waals surface area contributed by atoms with E-state index >= 15 is 0 Å². The SMILES string of the molecule is CS(=N)(=O)c1cccc(NC(=O)c2cc3ccc(F)cc3nc2N2CCCC(F)(F)CC2)c1. The summed E-state index contributed by atoms with van der Waals surface area (Å²) in [5, 5.41) is 3.25. The molecule has 0 saturated carbocycles. The lowest BCUT2D eigenvalue weighted by Crippen LogP contribution is -2.29. The Morgan fingerprint density at radius 1 is 1.15 bits per heavy atom. The molecule has 1 saturated heterocycles. The summed E-state index contributed by atoms with van der Waals surface area (Å²) in [6, 6.07) is 11.7. The highest BCUT2D eigenvalue weighted by atomic mass is 32.2. The fourth-order valence-corrected chi connectivity index (χ4v) is 4.52. The van der Waals surface area contributed by atoms with Gasteiger partial charge in [0.1, 0.15) is 11.6 Å². The van der Waals surface area contributed by atoms with E-state index < -0.39 is 27.4 Å². The molecule has 1 aliphatic rings. The Balaban J connectivity index is 1.74. The molecule has 1 aliphatic heterocycles. The van der Waals surface area contributed by atoms with Crippen LogP contribution in [0.4, 0.5) is 24.7 Å². The van der Waals surface area contributed by atoms with Crippen molar-refractivity contribution in [1.82, 2.24) is 4.98 Å². The molecular formula is C23H23F3N4O2S. The number of rotatable bonds is 4. The molecule has 10 heteroatoms. The average Bonchev–Trinajstić information content (AvgIpc) is 2.92. The summed E-state index contributed by atoms with van der Waals surface area (Å²) in [6.45, 7) is 0.295. The molecule has 1 unspecified atom stereocenters. The van der Waals surface area contributed by atoms with Gasteiger partial charge in [0.15, 0.2) is 0 Å². The first-order valence-electron chi connectivity index (χ1n) is 10.4. The van der Waals surface area contributed by atoms with Crippen molar-refractivity contribution in [2.24, 2.45) is 0 Å². The van der Waals surface area contributed by atoms with E-state index in [2.05, 4.69) is 10.3 Å². The second-order valence-electron chi connectivity index (χ2n) is 8.22. The number of amides is 1. The Morgan fingerprint density at radius 2 is 1.94 bits per heavy atom. The van der Waals surface area contributed by atoms with Crippen molar-refractivity contribution in [2.75, 3.05) is 29.6 Å². The van der Waals surface area contributed by atoms with Crippen LogP contribution in [0.2, 0.25) is 0 Å². The van der Waals surface area contributed by atoms with Crippen LogP contribution < -0.4 is 10.2 Å². The summed E-state index contributed by atoms with van der Waals surface area (Å²) in [6.07, 6.45) is 0.900. The fraction of sp³-hybridized carbons (Fsp3) is 0.304. The highest BCUT2D eigenvalue weighted by Crippen LogP contribution is 2.32. The number of benzene rings is 2. The lowest BCUT2D eigenvalue weighted by atomic mass is 10.1. The van der Waals surface area contributed by atoms with Gasteiger partial charge in [-0.05, 0) is 42.8 Å². The van der Waals surface area contributed by atoms with Crippen LogP contribution in [0.25, 0.3) is 10.9 Å². The maximum absolute atomic E-state index is 13.9. The van der Waals surface area contributed by atoms with Gasteiger partial charge in [0.2, 0.25) is 5.92 Å². The van der Waals surface area contributed by atoms with Crippen LogP contribution in [0.15, 0.2) is 53.4 Å². The van der Waals surface area contributed by atoms with E-state index in [1.165, 1.54) is 30.5 Å². The zero-order valence-electron chi connectivity index (χ0n) is 17.9. The number of aromatic nitrogens is 1. The van der Waals surface area contributed by atoms with Gasteiger partial charge in [-0.15, -0.1) is 0 Å². The van der Waals surface area contributed by atoms with Gasteiger partial charge in [-0.1, -0.05) is 6.07 Å². The highest BCUT2D eigenvalue weighted by Gasteiger charge is 2.33. The second-order valence-corrected chi connectivity index (χ2v) is 10.4. The lowest BCUT2D eigenvalue weighted by molar-refractivity contribution is -0.0102. The normalized spacial score (nSPS) is 17.9. The van der Waals surface area contributed by atoms with Gasteiger partial charge in [-0.3, -0.25) is 4.79 Å². The van der Waals surface area contributed by atoms with Gasteiger partial charge in [0.05, 0.1) is 20.8 Å². The number of anilines is 2. The van der Waals surface area contributed by atoms with Crippen LogP contribution in [0, 0.1) is 10.6 Å². The van der Waals surface area contributed by atoms with Crippen LogP contribution in [0.3, 0.4) is 0 Å². The van der Waals surface area contributed by atoms with E-state index in [0.29, 0.717) is 16.6 Å². The number of alkyl halides is 2. The van der Waals surface area contributed by atoms with E-state index in [9.17, 15) is 22.2 Å². The highest BCUT2D eigenvalue weighted by molar-refractivity contribution is 7.91. The zero-order chi connectivity index (χ0) is 23.8. The molecule has 0 aliphatic carbocycles. The standard InChI is InChI=1S/C23H23F3N4O2S/c1-33(27,32)18-5-2-4-17(14-18)28-22(31)19-12-15-6-7-16(24)13-20(15)29-21(19)30-10-3-8-23(25,26)9-11-30/h2,4-7,12-14,27H,3,8-11H2,1H3,(H,28,31). The largest absolute Gasteiger partial charge is 0.356 e. The number of halogens is 3. The summed E-state index contributed by atoms with van der Waals surface area (Å²) in [7, 11) is -2.98. The van der Waals surface area contributed by atoms with Crippen molar-refractivity contribution in [3.63, 3.8) is 0 Å². The van der Waals surface area contributed by atoms with E-state index in [1.807, 2.05) is 0 Å². The van der Waals surface area contributed by atoms with Crippen molar-refractivity contribution >= 4 is 38.0 Å². The zero-order valence-corrected chi connectivity index (χ0v) is 18.7. The monoisotopic (exact) mass is 476 g/mol. The molecule has 0 radical (unpaired) electrons. The molecule has 1 atom stereocenters. The van der Waals surface area contributed by atoms with Crippen LogP contribution in [0.1, 0.15) is 29.6 Å². The van der Waals surface area contributed by atoms with E-state index in [-0.39, 0.29) is 48.6 Å². The average molecular weight is 477 g/mol. The summed E-state index contributed by atoms with van der Waals surface area (Å²) in [5.41, 5.74) is 0.819. The van der Waals surface area contributed by atoms with Crippen LogP contribution >= 0.6 is 0 Å². The molecule has 1 aromatic heterocycles. The predicted octanol–water partition coefficient (Wildman–Crippen LogP) is 5.29. The molecule has 0 spiro atoms. The number of carbonyl (C=O) groups is 1. The molecule has 2 aromatic carbocycles. The van der Waals surface area contributed by atoms with Crippen molar-refractivity contribution < 1.29 is 22.2 Å². The van der Waals surface area contributed by atoms with E-state index in [4.69, 9.17) is 4.78 Å². The quantitative estimate of drug-likeness (QED) is 0.536. The molecule has 1 amide bonds. The van der Waals surface area contributed by atoms with Gasteiger partial charge in [-0.25, -0.2) is 27.1 Å². The Bertz CT molecular complexity index is 1330. The first kappa shape index (κ1) is 23.0. The lowest BCUT2D eigenvalue weighted by Gasteiger charge is -2.24. The molecular weight excluding hydrogens is 453 g/mol. The molecule has 4 rings (SSSR count). The van der Waals surface area contributed by atoms with Gasteiger partial charge >= 0.3 is 0 Å². The number of hydrogen-bond acceptors (Lipinski definition) is 5. The third kappa shape index (κ3) is 5.27. The van der Waals surface area contributed by atoms with E-state index in [0.717, 1.165) is 0 Å². The smallest absolute Gasteiger partial charge is 0.259 e. The number of nitrogens with one attached hydrogen (secondary N) is 2. The van der Waals surface area contributed by atoms with Gasteiger partial charge in [-0.2, -0.15) is 0 Å². The van der Waals surface area contributed by atoms with Crippen LogP contribution in [0.5, 0.6) is 0 Å². The molecule has 174 valence electrons. The maximum atomic E-state index is 13.9. The van der Waals surface area contributed by atoms with E-state index in [1.54, 1.807) is 29.2 Å². The van der Waals surface area contributed by atoms with Gasteiger partial charge < -0.3 is 10.2 Å². The summed E-state index contributed by atoms with van der Waals surface area (Å²) < 4.78 is 61.5. The minimum atomic E-state index is -2.98. The summed E-state index contributed by atoms with van der Waals surface area (Å²) in [5.74, 6) is -3.61. The maximum Gasteiger partial charge on any atom is 0.259 e. The molecule has 1 fully saturated rings. The van der Waals surface area contributed by atoms with Crippen molar-refractivity contribution in [2.45, 2.75) is 30.1 Å². The summed E-state index contributed by atoms with van der Waals surface area (Å²) >= 11 is 0. The molecule has 33 heavy (non-hydrogen) atoms. The van der Waals surface area contributed by atoms with Crippen molar-refractivity contribution in [3.8, 4) is 0 Å². The second kappa shape index (κ2) is 8.66. The fourth-order valence-electron chi connectivity index (χ4n) is 3.83. The molecule has 6 nitrogen and oxygen atoms in total. The third-order valence-electron chi connectivity index (χ3n) is 5.56. The topological polar surface area (TPSA) is 86.2 Å². The number of hydrogen-bond donors (Lipinski definition) is 2. The Morgan fingerprint density at radius 3 is 2.70 bits per heavy atom. The number of pyridine rings is 1. The minimum Gasteiger partial charge on any atom is -0.356 e. The summed E-state index contributed by atoms with van der Waals surface area (Å²) in [4.78, 5) is 19.6. The first-order valence-corrected chi connectivity index (χ1v) is 12.4. The molecule has 2 heterocycles. The number of fused-ring (bicyclic) bond motifs is 1. The van der Waals surface area contributed by atoms with Crippen molar-refractivity contribution in [1.29, 1.82) is 4.78 Å². The van der Waals surface area contributed by atoms with Crippen LogP contribution in [-0.2, 0) is 9.73 Å². The van der Waals surface area contributed by atoms with Crippen LogP contribution in [-0.4, -0.2) is 40.4 Å². The third-order valence-corrected chi connectivity index (χ3v) is 6.72. The van der Waals surface area contributed by atoms with Gasteiger partial charge in [0, 0.05) is 54.2 Å². The molecule has 3 aromatic rings. The Labute approximate surface area is 189 Å². The minimum absolute atomic E-state index is 0.00727. The molecule has 0 bridgehead atoms. The number of carbonyl (C=O) groups excluding carboxylic acids is 1. The molecule has 2 N–H and O–H groups in total. The van der Waals surface area contributed by atoms with Gasteiger partial charge in [0.25, 0.3) is 5.91 Å². The van der Waals surface area contributed by atoms with Crippen molar-refractivity contribution in [3.05, 3.63) is 59.9 Å². The predicted molar refractivity (Wildman–Crippen MR) is 122 cm³/mol. The Hall–Kier alpha value is -3.14.